The van der Waals surface area contributed by atoms with E-state index >= 15 is 0 Å². The first kappa shape index (κ1) is 41.7. The first-order valence-corrected chi connectivity index (χ1v) is 22.2. The molecule has 1 fully saturated rings. The number of nitrogens with zero attached hydrogens (tertiary/aromatic N) is 2. The maximum absolute atomic E-state index is 6.29. The Kier molecular flexibility index (Phi) is 11.6. The topological polar surface area (TPSA) is 28.3 Å². The molecule has 2 aromatic heterocycles. The lowest BCUT2D eigenvalue weighted by Gasteiger charge is -2.32. The molecule has 0 unspecified atom stereocenters. The normalized spacial score (nSPS) is 14.1. The number of halogens is 3. The van der Waals surface area contributed by atoms with Crippen LogP contribution in [-0.2, 0) is 9.31 Å². The summed E-state index contributed by atoms with van der Waals surface area (Å²) in [5.74, 6) is 0. The molecule has 0 bridgehead atoms. The van der Waals surface area contributed by atoms with Gasteiger partial charge in [-0.1, -0.05) is 148 Å². The lowest BCUT2D eigenvalue weighted by molar-refractivity contribution is 0.00578. The van der Waals surface area contributed by atoms with Crippen LogP contribution < -0.4 is 5.46 Å². The Labute approximate surface area is 381 Å². The van der Waals surface area contributed by atoms with Gasteiger partial charge in [0, 0.05) is 47.4 Å². The lowest BCUT2D eigenvalue weighted by Crippen LogP contribution is -2.41. The maximum atomic E-state index is 6.29. The summed E-state index contributed by atoms with van der Waals surface area (Å²) >= 11 is 14.9. The summed E-state index contributed by atoms with van der Waals surface area (Å²) in [4.78, 5) is 0. The van der Waals surface area contributed by atoms with E-state index in [0.717, 1.165) is 25.7 Å². The largest absolute Gasteiger partial charge is 0.494 e. The molecule has 0 atom stereocenters. The number of fused-ring (bicyclic) bond motifs is 6. The highest BCUT2D eigenvalue weighted by atomic mass is 79.9. The van der Waals surface area contributed by atoms with E-state index < -0.39 is 0 Å². The molecule has 0 aliphatic carbocycles. The fourth-order valence-electron chi connectivity index (χ4n) is 8.05. The predicted molar refractivity (Wildman–Crippen MR) is 267 cm³/mol. The summed E-state index contributed by atoms with van der Waals surface area (Å²) in [6.45, 7) is 8.36. The van der Waals surface area contributed by atoms with Gasteiger partial charge in [-0.25, -0.2) is 0 Å². The number of para-hydroxylation sites is 4. The molecule has 306 valence electrons. The van der Waals surface area contributed by atoms with Crippen molar-refractivity contribution >= 4 is 95.3 Å². The minimum absolute atomic E-state index is 0.348. The first-order valence-electron chi connectivity index (χ1n) is 20.7. The van der Waals surface area contributed by atoms with E-state index in [1.165, 1.54) is 60.4 Å². The zero-order valence-electron chi connectivity index (χ0n) is 34.9. The van der Waals surface area contributed by atoms with E-state index in [1.807, 2.05) is 42.5 Å². The van der Waals surface area contributed by atoms with Gasteiger partial charge in [0.15, 0.2) is 0 Å². The maximum Gasteiger partial charge on any atom is 0.494 e. The monoisotopic (exact) mass is 912 g/mol. The third-order valence-electron chi connectivity index (χ3n) is 11.9. The van der Waals surface area contributed by atoms with Crippen LogP contribution in [0.1, 0.15) is 27.7 Å². The lowest BCUT2D eigenvalue weighted by atomic mass is 9.79. The summed E-state index contributed by atoms with van der Waals surface area (Å²) < 4.78 is 18.3. The van der Waals surface area contributed by atoms with Crippen molar-refractivity contribution in [2.45, 2.75) is 38.9 Å². The number of benzene rings is 8. The van der Waals surface area contributed by atoms with Gasteiger partial charge in [-0.2, -0.15) is 0 Å². The van der Waals surface area contributed by atoms with E-state index in [4.69, 9.17) is 32.5 Å². The van der Waals surface area contributed by atoms with Crippen molar-refractivity contribution < 1.29 is 9.31 Å². The highest BCUT2D eigenvalue weighted by Gasteiger charge is 2.51. The minimum Gasteiger partial charge on any atom is -0.399 e. The molecule has 0 saturated carbocycles. The molecule has 0 amide bonds. The van der Waals surface area contributed by atoms with E-state index in [0.29, 0.717) is 0 Å². The fraction of sp³-hybridized carbons (Fsp3) is 0.111. The van der Waals surface area contributed by atoms with Crippen LogP contribution >= 0.6 is 39.1 Å². The first-order chi connectivity index (χ1) is 30.0. The molecule has 1 aliphatic heterocycles. The zero-order valence-corrected chi connectivity index (χ0v) is 38.0. The number of hydrogen-bond acceptors (Lipinski definition) is 2. The van der Waals surface area contributed by atoms with Gasteiger partial charge in [0.2, 0.25) is 0 Å². The van der Waals surface area contributed by atoms with Crippen LogP contribution in [0.5, 0.6) is 0 Å². The average molecular weight is 915 g/mol. The Bertz CT molecular complexity index is 3130. The fourth-order valence-corrected chi connectivity index (χ4v) is 8.56. The van der Waals surface area contributed by atoms with Crippen molar-refractivity contribution in [3.8, 4) is 22.5 Å². The van der Waals surface area contributed by atoms with Gasteiger partial charge in [0.1, 0.15) is 0 Å². The van der Waals surface area contributed by atoms with Crippen molar-refractivity contribution in [3.05, 3.63) is 209 Å². The van der Waals surface area contributed by atoms with E-state index in [9.17, 15) is 0 Å². The quantitative estimate of drug-likeness (QED) is 0.165. The van der Waals surface area contributed by atoms with Crippen LogP contribution in [0.3, 0.4) is 0 Å². The predicted octanol–water partition coefficient (Wildman–Crippen LogP) is 15.3. The van der Waals surface area contributed by atoms with Crippen LogP contribution in [0, 0.1) is 0 Å². The van der Waals surface area contributed by atoms with Gasteiger partial charge in [0.05, 0.1) is 33.3 Å². The van der Waals surface area contributed by atoms with Crippen molar-refractivity contribution in [2.24, 2.45) is 0 Å². The second-order valence-electron chi connectivity index (χ2n) is 16.4. The molecule has 8 aromatic carbocycles. The van der Waals surface area contributed by atoms with Gasteiger partial charge in [-0.05, 0) is 129 Å². The van der Waals surface area contributed by atoms with Gasteiger partial charge < -0.3 is 18.4 Å². The molecule has 62 heavy (non-hydrogen) atoms. The third-order valence-corrected chi connectivity index (χ3v) is 12.9. The number of aromatic nitrogens is 2. The average Bonchev–Trinajstić information content (AvgIpc) is 3.88. The summed E-state index contributed by atoms with van der Waals surface area (Å²) in [5.41, 5.74) is 9.84. The third kappa shape index (κ3) is 8.22. The van der Waals surface area contributed by atoms with Crippen LogP contribution in [0.4, 0.5) is 0 Å². The van der Waals surface area contributed by atoms with Crippen LogP contribution in [0.2, 0.25) is 10.0 Å². The Morgan fingerprint density at radius 1 is 0.419 bits per heavy atom. The van der Waals surface area contributed by atoms with Crippen molar-refractivity contribution in [1.29, 1.82) is 0 Å². The molecule has 8 heteroatoms. The molecule has 3 heterocycles. The highest BCUT2D eigenvalue weighted by molar-refractivity contribution is 9.10. The van der Waals surface area contributed by atoms with Gasteiger partial charge in [0.25, 0.3) is 0 Å². The number of rotatable bonds is 4. The molecule has 1 saturated heterocycles. The van der Waals surface area contributed by atoms with E-state index in [-0.39, 0.29) is 18.3 Å². The Balaban J connectivity index is 0.000000135. The second-order valence-corrected chi connectivity index (χ2v) is 18.2. The summed E-state index contributed by atoms with van der Waals surface area (Å²) in [5, 5.41) is 6.55. The molecular weight excluding hydrogens is 870 g/mol. The van der Waals surface area contributed by atoms with Crippen LogP contribution in [0.25, 0.3) is 66.1 Å². The van der Waals surface area contributed by atoms with Crippen molar-refractivity contribution in [3.63, 3.8) is 0 Å². The van der Waals surface area contributed by atoms with Crippen LogP contribution in [0.15, 0.2) is 199 Å². The van der Waals surface area contributed by atoms with Gasteiger partial charge >= 0.3 is 7.12 Å². The van der Waals surface area contributed by atoms with Crippen LogP contribution in [-0.4, -0.2) is 27.5 Å². The molecule has 0 spiro atoms. The summed E-state index contributed by atoms with van der Waals surface area (Å²) in [6.07, 6.45) is 0. The Morgan fingerprint density at radius 3 is 1.32 bits per heavy atom. The SMILES string of the molecule is CC1(C)OB(c2ccc3c4ccccc4n(-c4ccccc4)c3c2)OC1(C)C.Clc1ccc(-c2ccc3c4ccccc4n(-c4ccccc4)c3c2)cc1.Clc1ccc(Br)cc1. The number of hydrogen-bond donors (Lipinski definition) is 0. The molecule has 0 N–H and O–H groups in total. The molecule has 10 aromatic rings. The van der Waals surface area contributed by atoms with Gasteiger partial charge in [-0.15, -0.1) is 0 Å². The Morgan fingerprint density at radius 2 is 0.823 bits per heavy atom. The molecule has 11 rings (SSSR count). The zero-order chi connectivity index (χ0) is 43.0. The summed E-state index contributed by atoms with van der Waals surface area (Å²) in [7, 11) is -0.364. The van der Waals surface area contributed by atoms with Crippen molar-refractivity contribution in [1.82, 2.24) is 9.13 Å². The summed E-state index contributed by atoms with van der Waals surface area (Å²) in [6, 6.07) is 66.9. The molecular formula is C54H44BBrCl2N2O2. The van der Waals surface area contributed by atoms with E-state index in [1.54, 1.807) is 0 Å². The molecule has 0 radical (unpaired) electrons. The minimum atomic E-state index is -0.364. The molecule has 4 nitrogen and oxygen atoms in total. The Hall–Kier alpha value is -5.60. The molecule has 1 aliphatic rings. The van der Waals surface area contributed by atoms with E-state index in [2.05, 4.69) is 204 Å². The second kappa shape index (κ2) is 17.3. The standard InChI is InChI=1S/C24H24BNO2.C24H16ClN.C6H4BrCl/c1-23(2)24(3,4)28-25(27-23)17-14-15-20-19-12-8-9-13-21(19)26(22(20)16-17)18-10-6-5-7-11-18;25-19-13-10-17(11-14-19)18-12-15-22-21-8-4-5-9-23(21)26(24(22)16-18)20-6-2-1-3-7-20;7-5-1-3-6(8)4-2-5/h5-16H,1-4H3;1-16H;1-4H. The van der Waals surface area contributed by atoms with Gasteiger partial charge in [-0.3, -0.25) is 0 Å². The van der Waals surface area contributed by atoms with Crippen molar-refractivity contribution in [2.75, 3.05) is 0 Å². The highest BCUT2D eigenvalue weighted by Crippen LogP contribution is 2.38. The smallest absolute Gasteiger partial charge is 0.399 e.